The molecule has 2 heterocycles. The lowest BCUT2D eigenvalue weighted by Gasteiger charge is -2.16. The highest BCUT2D eigenvalue weighted by Gasteiger charge is 2.25. The number of likely N-dealkylation sites (tertiary alicyclic amines) is 1. The third-order valence-corrected chi connectivity index (χ3v) is 5.30. The molecule has 0 amide bonds. The first kappa shape index (κ1) is 22.3. The van der Waals surface area contributed by atoms with E-state index in [4.69, 9.17) is 29.3 Å². The third kappa shape index (κ3) is 6.29. The van der Waals surface area contributed by atoms with Gasteiger partial charge in [0.15, 0.2) is 17.3 Å². The Hall–Kier alpha value is -3.39. The van der Waals surface area contributed by atoms with Gasteiger partial charge in [0.1, 0.15) is 0 Å². The standard InChI is InChI=1S/C21H23NO3.C2H2O4/c23-19(16-5-2-1-3-6-16)7-4-11-22-12-10-18(14-22)17-8-9-20-21(13-17)25-15-24-20;3-1(4)2(5)6/h1-3,5-6,8-9,13,18H,4,7,10-12,14-15H2;(H,3,4)(H,5,6). The van der Waals surface area contributed by atoms with Crippen molar-refractivity contribution >= 4 is 17.7 Å². The lowest BCUT2D eigenvalue weighted by atomic mass is 9.98. The van der Waals surface area contributed by atoms with Crippen molar-refractivity contribution in [2.75, 3.05) is 26.4 Å². The molecule has 0 aromatic heterocycles. The quantitative estimate of drug-likeness (QED) is 0.534. The fraction of sp³-hybridized carbons (Fsp3) is 0.348. The van der Waals surface area contributed by atoms with Crippen molar-refractivity contribution in [3.63, 3.8) is 0 Å². The third-order valence-electron chi connectivity index (χ3n) is 5.30. The summed E-state index contributed by atoms with van der Waals surface area (Å²) in [6.07, 6.45) is 2.70. The molecule has 4 rings (SSSR count). The van der Waals surface area contributed by atoms with Crippen LogP contribution < -0.4 is 9.47 Å². The second-order valence-corrected chi connectivity index (χ2v) is 7.40. The number of rotatable bonds is 6. The van der Waals surface area contributed by atoms with E-state index in [9.17, 15) is 4.79 Å². The second-order valence-electron chi connectivity index (χ2n) is 7.40. The van der Waals surface area contributed by atoms with Gasteiger partial charge < -0.3 is 24.6 Å². The molecule has 0 radical (unpaired) electrons. The molecule has 164 valence electrons. The van der Waals surface area contributed by atoms with Crippen molar-refractivity contribution in [1.82, 2.24) is 4.90 Å². The number of carbonyl (C=O) groups excluding carboxylic acids is 1. The van der Waals surface area contributed by atoms with Crippen LogP contribution in [0.5, 0.6) is 11.5 Å². The number of benzene rings is 2. The molecule has 2 N–H and O–H groups in total. The molecule has 2 aliphatic rings. The molecular weight excluding hydrogens is 402 g/mol. The van der Waals surface area contributed by atoms with Crippen LogP contribution in [0.2, 0.25) is 0 Å². The van der Waals surface area contributed by atoms with Crippen molar-refractivity contribution < 1.29 is 34.1 Å². The van der Waals surface area contributed by atoms with E-state index in [-0.39, 0.29) is 5.78 Å². The Bertz CT molecular complexity index is 917. The van der Waals surface area contributed by atoms with Crippen molar-refractivity contribution in [1.29, 1.82) is 0 Å². The summed E-state index contributed by atoms with van der Waals surface area (Å²) in [5, 5.41) is 14.8. The highest BCUT2D eigenvalue weighted by atomic mass is 16.7. The average molecular weight is 427 g/mol. The Morgan fingerprint density at radius 1 is 0.968 bits per heavy atom. The Balaban J connectivity index is 0.000000401. The van der Waals surface area contributed by atoms with Gasteiger partial charge in [0.05, 0.1) is 0 Å². The molecule has 2 aromatic rings. The zero-order valence-corrected chi connectivity index (χ0v) is 17.0. The van der Waals surface area contributed by atoms with Gasteiger partial charge in [-0.2, -0.15) is 0 Å². The summed E-state index contributed by atoms with van der Waals surface area (Å²) in [6, 6.07) is 15.9. The summed E-state index contributed by atoms with van der Waals surface area (Å²) < 4.78 is 10.9. The number of ketones is 1. The lowest BCUT2D eigenvalue weighted by molar-refractivity contribution is -0.159. The van der Waals surface area contributed by atoms with Gasteiger partial charge in [-0.05, 0) is 49.5 Å². The molecule has 0 bridgehead atoms. The number of fused-ring (bicyclic) bond motifs is 1. The smallest absolute Gasteiger partial charge is 0.414 e. The maximum atomic E-state index is 12.2. The highest BCUT2D eigenvalue weighted by Crippen LogP contribution is 2.37. The molecule has 0 aliphatic carbocycles. The molecule has 8 heteroatoms. The zero-order valence-electron chi connectivity index (χ0n) is 17.0. The Morgan fingerprint density at radius 3 is 2.39 bits per heavy atom. The van der Waals surface area contributed by atoms with Crippen LogP contribution in [0.25, 0.3) is 0 Å². The van der Waals surface area contributed by atoms with E-state index in [2.05, 4.69) is 17.0 Å². The SMILES string of the molecule is O=C(CCCN1CCC(c2ccc3c(c2)OCO3)C1)c1ccccc1.O=C(O)C(=O)O. The molecule has 1 fully saturated rings. The number of carboxylic acid groups (broad SMARTS) is 2. The van der Waals surface area contributed by atoms with Gasteiger partial charge in [0.25, 0.3) is 0 Å². The van der Waals surface area contributed by atoms with Gasteiger partial charge in [-0.1, -0.05) is 36.4 Å². The minimum atomic E-state index is -1.82. The maximum absolute atomic E-state index is 12.2. The fourth-order valence-electron chi connectivity index (χ4n) is 3.71. The normalized spacial score (nSPS) is 17.0. The fourth-order valence-corrected chi connectivity index (χ4v) is 3.71. The van der Waals surface area contributed by atoms with Crippen LogP contribution in [0.3, 0.4) is 0 Å². The zero-order chi connectivity index (χ0) is 22.2. The predicted octanol–water partition coefficient (Wildman–Crippen LogP) is 3.02. The van der Waals surface area contributed by atoms with Gasteiger partial charge in [0, 0.05) is 18.5 Å². The molecule has 0 spiro atoms. The predicted molar refractivity (Wildman–Crippen MR) is 112 cm³/mol. The van der Waals surface area contributed by atoms with Crippen LogP contribution in [0.15, 0.2) is 48.5 Å². The van der Waals surface area contributed by atoms with E-state index in [1.54, 1.807) is 0 Å². The Kier molecular flexibility index (Phi) is 7.61. The summed E-state index contributed by atoms with van der Waals surface area (Å²) in [4.78, 5) is 32.8. The first-order chi connectivity index (χ1) is 14.9. The van der Waals surface area contributed by atoms with E-state index in [0.29, 0.717) is 19.1 Å². The van der Waals surface area contributed by atoms with E-state index in [0.717, 1.165) is 49.5 Å². The van der Waals surface area contributed by atoms with Crippen LogP contribution in [0, 0.1) is 0 Å². The summed E-state index contributed by atoms with van der Waals surface area (Å²) in [6.45, 7) is 3.46. The first-order valence-corrected chi connectivity index (χ1v) is 10.1. The molecule has 0 saturated carbocycles. The molecule has 8 nitrogen and oxygen atoms in total. The van der Waals surface area contributed by atoms with Crippen molar-refractivity contribution in [3.8, 4) is 11.5 Å². The second kappa shape index (κ2) is 10.6. The molecule has 1 saturated heterocycles. The number of nitrogens with zero attached hydrogens (tertiary/aromatic N) is 1. The van der Waals surface area contributed by atoms with Crippen LogP contribution in [0.4, 0.5) is 0 Å². The van der Waals surface area contributed by atoms with Gasteiger partial charge in [-0.3, -0.25) is 4.79 Å². The average Bonchev–Trinajstić information content (AvgIpc) is 3.43. The minimum absolute atomic E-state index is 0.243. The minimum Gasteiger partial charge on any atom is -0.473 e. The molecule has 31 heavy (non-hydrogen) atoms. The van der Waals surface area contributed by atoms with E-state index in [1.807, 2.05) is 36.4 Å². The summed E-state index contributed by atoms with van der Waals surface area (Å²) in [5.41, 5.74) is 2.15. The molecule has 1 unspecified atom stereocenters. The van der Waals surface area contributed by atoms with Crippen LogP contribution in [0.1, 0.15) is 41.1 Å². The summed E-state index contributed by atoms with van der Waals surface area (Å²) in [7, 11) is 0. The molecule has 2 aliphatic heterocycles. The van der Waals surface area contributed by atoms with Crippen molar-refractivity contribution in [2.24, 2.45) is 0 Å². The lowest BCUT2D eigenvalue weighted by Crippen LogP contribution is -2.22. The number of aliphatic carboxylic acids is 2. The summed E-state index contributed by atoms with van der Waals surface area (Å²) in [5.74, 6) is -1.15. The largest absolute Gasteiger partial charge is 0.473 e. The Labute approximate surface area is 180 Å². The molecule has 2 aromatic carbocycles. The molecule has 1 atom stereocenters. The monoisotopic (exact) mass is 427 g/mol. The van der Waals surface area contributed by atoms with Crippen LogP contribution in [-0.4, -0.2) is 59.3 Å². The van der Waals surface area contributed by atoms with E-state index >= 15 is 0 Å². The van der Waals surface area contributed by atoms with E-state index < -0.39 is 11.9 Å². The molecular formula is C23H25NO7. The van der Waals surface area contributed by atoms with Crippen molar-refractivity contribution in [3.05, 3.63) is 59.7 Å². The highest BCUT2D eigenvalue weighted by molar-refractivity contribution is 6.27. The van der Waals surface area contributed by atoms with Gasteiger partial charge in [0.2, 0.25) is 6.79 Å². The van der Waals surface area contributed by atoms with Gasteiger partial charge in [-0.25, -0.2) is 9.59 Å². The number of Topliss-reactive ketones (excluding diaryl/α,β-unsaturated/α-hetero) is 1. The number of hydrogen-bond donors (Lipinski definition) is 2. The van der Waals surface area contributed by atoms with Gasteiger partial charge in [-0.15, -0.1) is 0 Å². The Morgan fingerprint density at radius 2 is 1.68 bits per heavy atom. The number of hydrogen-bond acceptors (Lipinski definition) is 6. The maximum Gasteiger partial charge on any atom is 0.414 e. The number of carbonyl (C=O) groups is 3. The summed E-state index contributed by atoms with van der Waals surface area (Å²) >= 11 is 0. The van der Waals surface area contributed by atoms with Crippen LogP contribution in [-0.2, 0) is 9.59 Å². The van der Waals surface area contributed by atoms with Crippen molar-refractivity contribution in [2.45, 2.75) is 25.2 Å². The number of ether oxygens (including phenoxy) is 2. The van der Waals surface area contributed by atoms with Crippen LogP contribution >= 0.6 is 0 Å². The topological polar surface area (TPSA) is 113 Å². The number of carboxylic acids is 2. The van der Waals surface area contributed by atoms with E-state index in [1.165, 1.54) is 5.56 Å². The van der Waals surface area contributed by atoms with Gasteiger partial charge >= 0.3 is 11.9 Å². The first-order valence-electron chi connectivity index (χ1n) is 10.1.